The molecule has 0 spiro atoms. The monoisotopic (exact) mass is 719 g/mol. The predicted molar refractivity (Wildman–Crippen MR) is 192 cm³/mol. The van der Waals surface area contributed by atoms with E-state index in [1.54, 1.807) is 54.6 Å². The molecule has 2 saturated heterocycles. The number of benzene rings is 4. The van der Waals surface area contributed by atoms with E-state index in [9.17, 15) is 23.9 Å². The molecule has 4 amide bonds. The van der Waals surface area contributed by atoms with Crippen molar-refractivity contribution < 1.29 is 33.4 Å². The smallest absolute Gasteiger partial charge is 0.260 e. The fourth-order valence-corrected chi connectivity index (χ4v) is 9.20. The Balaban J connectivity index is 1.33. The third kappa shape index (κ3) is 4.87. The summed E-state index contributed by atoms with van der Waals surface area (Å²) in [6.07, 6.45) is 3.03. The van der Waals surface area contributed by atoms with Gasteiger partial charge < -0.3 is 9.84 Å². The van der Waals surface area contributed by atoms with Crippen LogP contribution in [0.15, 0.2) is 103 Å². The summed E-state index contributed by atoms with van der Waals surface area (Å²) in [4.78, 5) is 59.9. The van der Waals surface area contributed by atoms with Gasteiger partial charge in [-0.1, -0.05) is 66.6 Å². The molecule has 6 unspecified atom stereocenters. The number of hydrogen-bond acceptors (Lipinski definition) is 7. The Hall–Kier alpha value is -5.48. The zero-order chi connectivity index (χ0) is 36.5. The van der Waals surface area contributed by atoms with E-state index in [4.69, 9.17) is 16.3 Å². The molecular formula is C41H35ClFN3O6. The Morgan fingerprint density at radius 1 is 0.904 bits per heavy atom. The van der Waals surface area contributed by atoms with Crippen LogP contribution in [0.3, 0.4) is 0 Å². The van der Waals surface area contributed by atoms with Crippen molar-refractivity contribution in [2.24, 2.45) is 23.7 Å². The number of nitrogens with one attached hydrogen (secondary N) is 1. The van der Waals surface area contributed by atoms with Crippen LogP contribution in [-0.4, -0.2) is 40.9 Å². The van der Waals surface area contributed by atoms with E-state index in [2.05, 4.69) is 5.43 Å². The number of anilines is 2. The van der Waals surface area contributed by atoms with Gasteiger partial charge in [0.15, 0.2) is 11.5 Å². The summed E-state index contributed by atoms with van der Waals surface area (Å²) in [6.45, 7) is 2.03. The van der Waals surface area contributed by atoms with Gasteiger partial charge >= 0.3 is 0 Å². The number of imide groups is 2. The molecule has 0 bridgehead atoms. The summed E-state index contributed by atoms with van der Waals surface area (Å²) in [5.41, 5.74) is 4.67. The summed E-state index contributed by atoms with van der Waals surface area (Å²) >= 11 is 6.36. The lowest BCUT2D eigenvalue weighted by Gasteiger charge is -2.50. The van der Waals surface area contributed by atoms with Crippen molar-refractivity contribution in [2.45, 2.75) is 37.5 Å². The van der Waals surface area contributed by atoms with Crippen LogP contribution in [0, 0.1) is 29.5 Å². The van der Waals surface area contributed by atoms with Crippen LogP contribution in [0.4, 0.5) is 15.8 Å². The number of aromatic hydroxyl groups is 1. The zero-order valence-corrected chi connectivity index (χ0v) is 29.1. The molecule has 2 aliphatic carbocycles. The highest BCUT2D eigenvalue weighted by Gasteiger charge is 2.70. The summed E-state index contributed by atoms with van der Waals surface area (Å²) in [6, 6.07) is 24.4. The molecule has 4 aromatic rings. The number of allylic oxidation sites excluding steroid dienone is 2. The van der Waals surface area contributed by atoms with Crippen LogP contribution >= 0.6 is 11.6 Å². The number of hydrazine groups is 1. The lowest BCUT2D eigenvalue weighted by Crippen LogP contribution is -2.53. The van der Waals surface area contributed by atoms with Crippen LogP contribution in [0.5, 0.6) is 11.5 Å². The lowest BCUT2D eigenvalue weighted by molar-refractivity contribution is -0.138. The number of aryl methyl sites for hydroxylation is 1. The average Bonchev–Trinajstić information content (AvgIpc) is 3.53. The molecule has 2 heterocycles. The van der Waals surface area contributed by atoms with Gasteiger partial charge in [-0.15, -0.1) is 0 Å². The van der Waals surface area contributed by atoms with E-state index in [1.165, 1.54) is 36.3 Å². The van der Waals surface area contributed by atoms with Gasteiger partial charge in [0, 0.05) is 16.5 Å². The second-order valence-corrected chi connectivity index (χ2v) is 14.2. The molecule has 6 atom stereocenters. The first-order valence-corrected chi connectivity index (χ1v) is 17.7. The Kier molecular flexibility index (Phi) is 8.17. The number of amides is 4. The number of para-hydroxylation sites is 1. The van der Waals surface area contributed by atoms with Crippen LogP contribution in [0.2, 0.25) is 5.02 Å². The van der Waals surface area contributed by atoms with Crippen molar-refractivity contribution in [3.05, 3.63) is 130 Å². The van der Waals surface area contributed by atoms with E-state index in [-0.39, 0.29) is 36.2 Å². The first-order chi connectivity index (χ1) is 25.1. The van der Waals surface area contributed by atoms with Gasteiger partial charge in [-0.25, -0.2) is 4.39 Å². The Bertz CT molecular complexity index is 2150. The first kappa shape index (κ1) is 33.7. The maximum Gasteiger partial charge on any atom is 0.260 e. The lowest BCUT2D eigenvalue weighted by atomic mass is 9.49. The number of carbonyl (C=O) groups is 4. The van der Waals surface area contributed by atoms with Crippen molar-refractivity contribution in [3.8, 4) is 11.5 Å². The Morgan fingerprint density at radius 3 is 2.29 bits per heavy atom. The molecule has 264 valence electrons. The number of carbonyl (C=O) groups excluding carboxylic acids is 4. The average molecular weight is 720 g/mol. The van der Waals surface area contributed by atoms with E-state index >= 15 is 4.79 Å². The van der Waals surface area contributed by atoms with Gasteiger partial charge in [0.05, 0.1) is 41.7 Å². The number of halogens is 2. The summed E-state index contributed by atoms with van der Waals surface area (Å²) < 4.78 is 19.4. The predicted octanol–water partition coefficient (Wildman–Crippen LogP) is 6.95. The van der Waals surface area contributed by atoms with Gasteiger partial charge in [-0.3, -0.25) is 29.5 Å². The van der Waals surface area contributed by atoms with E-state index < -0.39 is 52.6 Å². The Morgan fingerprint density at radius 2 is 1.62 bits per heavy atom. The highest BCUT2D eigenvalue weighted by Crippen LogP contribution is 2.65. The number of phenols is 1. The highest BCUT2D eigenvalue weighted by molar-refractivity contribution is 6.30. The number of nitrogens with zero attached hydrogens (tertiary/aromatic N) is 2. The molecule has 0 radical (unpaired) electrons. The molecule has 1 saturated carbocycles. The van der Waals surface area contributed by atoms with Crippen molar-refractivity contribution in [1.82, 2.24) is 5.01 Å². The maximum absolute atomic E-state index is 15.3. The van der Waals surface area contributed by atoms with E-state index in [0.29, 0.717) is 33.1 Å². The van der Waals surface area contributed by atoms with Crippen LogP contribution < -0.4 is 15.1 Å². The van der Waals surface area contributed by atoms with Gasteiger partial charge in [0.2, 0.25) is 11.8 Å². The van der Waals surface area contributed by atoms with Crippen molar-refractivity contribution in [1.29, 1.82) is 0 Å². The second-order valence-electron chi connectivity index (χ2n) is 13.8. The van der Waals surface area contributed by atoms with Crippen molar-refractivity contribution >= 4 is 46.6 Å². The number of phenolic OH excluding ortho intramolecular Hbond substituents is 1. The molecule has 2 N–H and O–H groups in total. The molecular weight excluding hydrogens is 685 g/mol. The fraction of sp³-hybridized carbons (Fsp3) is 0.268. The number of methoxy groups -OCH3 is 1. The number of hydrogen-bond donors (Lipinski definition) is 2. The minimum Gasteiger partial charge on any atom is -0.504 e. The third-order valence-corrected chi connectivity index (χ3v) is 11.7. The minimum atomic E-state index is -1.63. The fourth-order valence-electron chi connectivity index (χ4n) is 9.07. The van der Waals surface area contributed by atoms with Gasteiger partial charge in [-0.05, 0) is 90.9 Å². The molecule has 9 nitrogen and oxygen atoms in total. The van der Waals surface area contributed by atoms with E-state index in [0.717, 1.165) is 17.0 Å². The van der Waals surface area contributed by atoms with Crippen LogP contribution in [-0.2, 0) is 31.0 Å². The molecule has 3 fully saturated rings. The molecule has 4 aromatic carbocycles. The largest absolute Gasteiger partial charge is 0.504 e. The minimum absolute atomic E-state index is 0.0741. The van der Waals surface area contributed by atoms with Crippen LogP contribution in [0.1, 0.15) is 42.4 Å². The van der Waals surface area contributed by atoms with E-state index in [1.807, 2.05) is 25.1 Å². The number of fused-ring (bicyclic) bond motifs is 4. The number of rotatable bonds is 7. The zero-order valence-electron chi connectivity index (χ0n) is 28.4. The molecule has 4 aliphatic rings. The molecule has 0 aromatic heterocycles. The highest BCUT2D eigenvalue weighted by atomic mass is 35.5. The molecule has 11 heteroatoms. The van der Waals surface area contributed by atoms with Gasteiger partial charge in [0.1, 0.15) is 5.82 Å². The SMILES string of the molecule is CCc1ccc(N2C(=O)C3CC=C4C(CC5C(=O)N(Nc6ccc(F)cc6)C(=O)C5(c5ccc(Cl)cc5)C4c4cccc(OC)c4O)C3C2=O)cc1. The summed E-state index contributed by atoms with van der Waals surface area (Å²) in [7, 11) is 1.42. The summed E-state index contributed by atoms with van der Waals surface area (Å²) in [5.74, 6) is -6.45. The molecule has 52 heavy (non-hydrogen) atoms. The first-order valence-electron chi connectivity index (χ1n) is 17.3. The van der Waals surface area contributed by atoms with Gasteiger partial charge in [-0.2, -0.15) is 5.01 Å². The second kappa shape index (κ2) is 12.6. The number of ether oxygens (including phenoxy) is 1. The quantitative estimate of drug-likeness (QED) is 0.157. The van der Waals surface area contributed by atoms with Crippen molar-refractivity contribution in [2.75, 3.05) is 17.4 Å². The van der Waals surface area contributed by atoms with Crippen LogP contribution in [0.25, 0.3) is 0 Å². The topological polar surface area (TPSA) is 116 Å². The van der Waals surface area contributed by atoms with Crippen molar-refractivity contribution in [3.63, 3.8) is 0 Å². The summed E-state index contributed by atoms with van der Waals surface area (Å²) in [5, 5.41) is 13.2. The third-order valence-electron chi connectivity index (χ3n) is 11.4. The van der Waals surface area contributed by atoms with Gasteiger partial charge in [0.25, 0.3) is 11.8 Å². The standard InChI is InChI=1S/C41H35ClFN3O6/c1-3-22-7-17-27(18-8-22)45-37(48)29-20-19-28-31(34(29)39(45)50)21-32-38(49)46(44-26-15-13-25(43)14-16-26)40(51)41(32,23-9-11-24(42)12-10-23)35(28)30-5-4-6-33(52-2)36(30)47/h4-19,29,31-32,34-35,44,47H,3,20-21H2,1-2H3. The maximum atomic E-state index is 15.3. The molecule has 2 aliphatic heterocycles. The molecule has 8 rings (SSSR count). The Labute approximate surface area is 304 Å². The normalized spacial score (nSPS) is 26.5.